The van der Waals surface area contributed by atoms with Gasteiger partial charge in [-0.05, 0) is 73.5 Å². The van der Waals surface area contributed by atoms with Gasteiger partial charge in [-0.15, -0.1) is 0 Å². The summed E-state index contributed by atoms with van der Waals surface area (Å²) in [7, 11) is 0. The molecule has 0 radical (unpaired) electrons. The molecule has 0 unspecified atom stereocenters. The van der Waals surface area contributed by atoms with Crippen LogP contribution < -0.4 is 0 Å². The summed E-state index contributed by atoms with van der Waals surface area (Å²) in [6, 6.07) is 16.3. The Bertz CT molecular complexity index is 778. The molecule has 1 aliphatic rings. The lowest BCUT2D eigenvalue weighted by atomic mass is 9.77. The minimum absolute atomic E-state index is 0.0871. The number of allylic oxidation sites excluding steroid dienone is 1. The first-order chi connectivity index (χ1) is 14.1. The summed E-state index contributed by atoms with van der Waals surface area (Å²) >= 11 is 0. The fourth-order valence-electron chi connectivity index (χ4n) is 4.57. The molecule has 1 fully saturated rings. The van der Waals surface area contributed by atoms with Gasteiger partial charge in [-0.2, -0.15) is 0 Å². The van der Waals surface area contributed by atoms with Crippen LogP contribution in [0.1, 0.15) is 87.0 Å². The molecule has 29 heavy (non-hydrogen) atoms. The molecule has 0 bridgehead atoms. The monoisotopic (exact) mass is 396 g/mol. The Labute approximate surface area is 175 Å². The van der Waals surface area contributed by atoms with Gasteiger partial charge in [0.1, 0.15) is 5.83 Å². The van der Waals surface area contributed by atoms with E-state index in [1.165, 1.54) is 49.7 Å². The summed E-state index contributed by atoms with van der Waals surface area (Å²) in [4.78, 5) is 0. The van der Waals surface area contributed by atoms with Crippen LogP contribution in [0.4, 0.5) is 8.78 Å². The van der Waals surface area contributed by atoms with Crippen molar-refractivity contribution in [3.8, 4) is 0 Å². The maximum absolute atomic E-state index is 13.9. The van der Waals surface area contributed by atoms with E-state index in [0.29, 0.717) is 5.56 Å². The number of rotatable bonds is 8. The van der Waals surface area contributed by atoms with Crippen molar-refractivity contribution in [3.05, 3.63) is 76.6 Å². The highest BCUT2D eigenvalue weighted by atomic mass is 19.2. The van der Waals surface area contributed by atoms with Crippen molar-refractivity contribution in [2.75, 3.05) is 0 Å². The van der Waals surface area contributed by atoms with E-state index in [-0.39, 0.29) is 6.42 Å². The molecule has 0 aliphatic heterocycles. The van der Waals surface area contributed by atoms with Crippen molar-refractivity contribution in [2.45, 2.75) is 77.6 Å². The highest BCUT2D eigenvalue weighted by molar-refractivity contribution is 5.61. The second kappa shape index (κ2) is 10.7. The third kappa shape index (κ3) is 6.01. The van der Waals surface area contributed by atoms with Gasteiger partial charge in [-0.1, -0.05) is 75.2 Å². The largest absolute Gasteiger partial charge is 0.209 e. The summed E-state index contributed by atoms with van der Waals surface area (Å²) < 4.78 is 27.3. The third-order valence-corrected chi connectivity index (χ3v) is 6.45. The Hall–Kier alpha value is -1.96. The van der Waals surface area contributed by atoms with E-state index in [1.807, 2.05) is 12.1 Å². The number of hydrogen-bond donors (Lipinski definition) is 0. The average Bonchev–Trinajstić information content (AvgIpc) is 2.78. The van der Waals surface area contributed by atoms with Crippen LogP contribution >= 0.6 is 0 Å². The molecule has 1 aliphatic carbocycles. The fraction of sp³-hybridized carbons (Fsp3) is 0.481. The molecule has 0 nitrogen and oxygen atoms in total. The van der Waals surface area contributed by atoms with Gasteiger partial charge in [0.25, 0.3) is 0 Å². The minimum atomic E-state index is -0.738. The van der Waals surface area contributed by atoms with E-state index in [9.17, 15) is 8.78 Å². The van der Waals surface area contributed by atoms with Gasteiger partial charge in [0.2, 0.25) is 0 Å². The zero-order chi connectivity index (χ0) is 20.6. The van der Waals surface area contributed by atoms with E-state index in [2.05, 4.69) is 31.2 Å². The van der Waals surface area contributed by atoms with E-state index in [4.69, 9.17) is 0 Å². The van der Waals surface area contributed by atoms with Crippen LogP contribution in [-0.2, 0) is 12.8 Å². The highest BCUT2D eigenvalue weighted by Gasteiger charge is 2.21. The van der Waals surface area contributed by atoms with E-state index in [1.54, 1.807) is 19.1 Å². The Morgan fingerprint density at radius 1 is 0.793 bits per heavy atom. The number of benzene rings is 2. The fourth-order valence-corrected chi connectivity index (χ4v) is 4.57. The molecule has 0 aromatic heterocycles. The summed E-state index contributed by atoms with van der Waals surface area (Å²) in [6.07, 6.45) is 10.1. The van der Waals surface area contributed by atoms with E-state index < -0.39 is 11.7 Å². The van der Waals surface area contributed by atoms with Crippen LogP contribution in [0.2, 0.25) is 0 Å². The Kier molecular flexibility index (Phi) is 8.03. The summed E-state index contributed by atoms with van der Waals surface area (Å²) in [5, 5.41) is 0. The van der Waals surface area contributed by atoms with Crippen molar-refractivity contribution >= 4 is 5.83 Å². The maximum atomic E-state index is 13.9. The molecule has 2 heteroatoms. The molecule has 0 N–H and O–H groups in total. The van der Waals surface area contributed by atoms with Crippen LogP contribution in [0.3, 0.4) is 0 Å². The highest BCUT2D eigenvalue weighted by Crippen LogP contribution is 2.37. The summed E-state index contributed by atoms with van der Waals surface area (Å²) in [5.41, 5.74) is 4.30. The predicted octanol–water partition coefficient (Wildman–Crippen LogP) is 8.56. The Morgan fingerprint density at radius 3 is 1.86 bits per heavy atom. The topological polar surface area (TPSA) is 0 Å². The molecule has 0 amide bonds. The van der Waals surface area contributed by atoms with Gasteiger partial charge >= 0.3 is 0 Å². The lowest BCUT2D eigenvalue weighted by molar-refractivity contribution is 0.308. The normalized spacial score (nSPS) is 20.4. The Morgan fingerprint density at radius 2 is 1.34 bits per heavy atom. The Balaban J connectivity index is 1.52. The first-order valence-electron chi connectivity index (χ1n) is 11.3. The molecular weight excluding hydrogens is 362 g/mol. The molecule has 2 aromatic rings. The van der Waals surface area contributed by atoms with Crippen LogP contribution in [-0.4, -0.2) is 0 Å². The van der Waals surface area contributed by atoms with E-state index >= 15 is 0 Å². The third-order valence-electron chi connectivity index (χ3n) is 6.45. The van der Waals surface area contributed by atoms with Gasteiger partial charge < -0.3 is 0 Å². The van der Waals surface area contributed by atoms with Gasteiger partial charge in [0.05, 0.1) is 0 Å². The lowest BCUT2D eigenvalue weighted by Crippen LogP contribution is -2.13. The van der Waals surface area contributed by atoms with Gasteiger partial charge in [0.15, 0.2) is 5.83 Å². The molecule has 2 aromatic carbocycles. The number of aryl methyl sites for hydroxylation is 2. The SMILES string of the molecule is CCCC1CCC(c2ccc(CCc3ccc(/C(F)=C(\F)CC)cc3)cc2)CC1. The smallest absolute Gasteiger partial charge is 0.161 e. The minimum Gasteiger partial charge on any atom is -0.209 e. The van der Waals surface area contributed by atoms with Crippen LogP contribution in [0.25, 0.3) is 5.83 Å². The predicted molar refractivity (Wildman–Crippen MR) is 119 cm³/mol. The second-order valence-corrected chi connectivity index (χ2v) is 8.52. The average molecular weight is 397 g/mol. The molecule has 0 heterocycles. The molecule has 0 saturated heterocycles. The lowest BCUT2D eigenvalue weighted by Gasteiger charge is -2.28. The summed E-state index contributed by atoms with van der Waals surface area (Å²) in [5.74, 6) is 0.260. The number of halogens is 2. The number of hydrogen-bond acceptors (Lipinski definition) is 0. The van der Waals surface area contributed by atoms with Crippen molar-refractivity contribution in [2.24, 2.45) is 5.92 Å². The van der Waals surface area contributed by atoms with Crippen molar-refractivity contribution in [1.29, 1.82) is 0 Å². The van der Waals surface area contributed by atoms with Gasteiger partial charge in [-0.3, -0.25) is 0 Å². The molecule has 3 rings (SSSR count). The van der Waals surface area contributed by atoms with Crippen molar-refractivity contribution < 1.29 is 8.78 Å². The molecule has 0 spiro atoms. The van der Waals surface area contributed by atoms with Crippen LogP contribution in [0.5, 0.6) is 0 Å². The van der Waals surface area contributed by atoms with Crippen LogP contribution in [0, 0.1) is 5.92 Å². The maximum Gasteiger partial charge on any atom is 0.161 e. The van der Waals surface area contributed by atoms with Crippen molar-refractivity contribution in [3.63, 3.8) is 0 Å². The molecule has 156 valence electrons. The second-order valence-electron chi connectivity index (χ2n) is 8.52. The van der Waals surface area contributed by atoms with E-state index in [0.717, 1.165) is 30.2 Å². The first kappa shape index (κ1) is 21.7. The first-order valence-corrected chi connectivity index (χ1v) is 11.3. The summed E-state index contributed by atoms with van der Waals surface area (Å²) in [6.45, 7) is 3.91. The standard InChI is InChI=1S/C27H34F2/c1-3-5-20-8-14-23(15-9-20)24-16-10-21(11-17-24)6-7-22-12-18-25(19-13-22)27(29)26(28)4-2/h10-13,16-20,23H,3-9,14-15H2,1-2H3/b27-26+. The zero-order valence-electron chi connectivity index (χ0n) is 17.9. The van der Waals surface area contributed by atoms with Crippen LogP contribution in [0.15, 0.2) is 54.4 Å². The van der Waals surface area contributed by atoms with Crippen molar-refractivity contribution in [1.82, 2.24) is 0 Å². The molecule has 0 atom stereocenters. The van der Waals surface area contributed by atoms with Gasteiger partial charge in [0, 0.05) is 5.56 Å². The van der Waals surface area contributed by atoms with Gasteiger partial charge in [-0.25, -0.2) is 8.78 Å². The molecule has 1 saturated carbocycles. The molecular formula is C27H34F2. The zero-order valence-corrected chi connectivity index (χ0v) is 17.9. The quantitative estimate of drug-likeness (QED) is 0.419.